The summed E-state index contributed by atoms with van der Waals surface area (Å²) in [7, 11) is 0. The van der Waals surface area contributed by atoms with Gasteiger partial charge in [-0.1, -0.05) is 11.6 Å². The number of rotatable bonds is 4. The summed E-state index contributed by atoms with van der Waals surface area (Å²) in [6, 6.07) is 7.13. The van der Waals surface area contributed by atoms with E-state index in [2.05, 4.69) is 0 Å². The smallest absolute Gasteiger partial charge is 0.293 e. The summed E-state index contributed by atoms with van der Waals surface area (Å²) in [5, 5.41) is 10.6. The van der Waals surface area contributed by atoms with Gasteiger partial charge in [-0.05, 0) is 43.8 Å². The first-order valence-electron chi connectivity index (χ1n) is 7.59. The van der Waals surface area contributed by atoms with Gasteiger partial charge in [0, 0.05) is 29.8 Å². The van der Waals surface area contributed by atoms with Gasteiger partial charge in [-0.15, -0.1) is 0 Å². The molecule has 1 aromatic carbocycles. The number of imide groups is 1. The van der Waals surface area contributed by atoms with E-state index in [0.29, 0.717) is 17.1 Å². The van der Waals surface area contributed by atoms with E-state index in [1.54, 1.807) is 26.0 Å². The molecule has 7 nitrogen and oxygen atoms in total. The van der Waals surface area contributed by atoms with Crippen molar-refractivity contribution in [3.8, 4) is 11.3 Å². The minimum atomic E-state index is -0.534. The fraction of sp³-hybridized carbons (Fsp3) is 0.176. The highest BCUT2D eigenvalue weighted by Crippen LogP contribution is 2.36. The number of carbonyl (C=O) groups is 2. The Labute approximate surface area is 157 Å². The average molecular weight is 393 g/mol. The van der Waals surface area contributed by atoms with Crippen LogP contribution in [0.25, 0.3) is 17.4 Å². The molecule has 2 aromatic rings. The topological polar surface area (TPSA) is 93.7 Å². The van der Waals surface area contributed by atoms with Crippen LogP contribution < -0.4 is 0 Å². The van der Waals surface area contributed by atoms with E-state index in [4.69, 9.17) is 16.0 Å². The Morgan fingerprint density at radius 2 is 2.00 bits per heavy atom. The Kier molecular flexibility index (Phi) is 4.88. The lowest BCUT2D eigenvalue weighted by molar-refractivity contribution is -0.384. The van der Waals surface area contributed by atoms with E-state index >= 15 is 0 Å². The number of benzene rings is 1. The first-order chi connectivity index (χ1) is 12.3. The summed E-state index contributed by atoms with van der Waals surface area (Å²) in [5.74, 6) is 0.421. The molecular formula is C17H13ClN2O5S. The number of thioether (sulfide) groups is 1. The fourth-order valence-corrected chi connectivity index (χ4v) is 3.66. The van der Waals surface area contributed by atoms with Crippen molar-refractivity contribution >= 4 is 46.3 Å². The molecule has 0 radical (unpaired) electrons. The van der Waals surface area contributed by atoms with Crippen molar-refractivity contribution in [3.63, 3.8) is 0 Å². The van der Waals surface area contributed by atoms with Gasteiger partial charge in [0.1, 0.15) is 11.5 Å². The standard InChI is InChI=1S/C17H13ClN2O5S/c1-9(2)19-16(21)15(26-17(19)22)8-11-4-6-14(25-11)12-5-3-10(20(23)24)7-13(12)18/h3-9H,1-2H3/b15-8+. The molecule has 26 heavy (non-hydrogen) atoms. The number of nitro groups is 1. The van der Waals surface area contributed by atoms with Crippen LogP contribution >= 0.6 is 23.4 Å². The molecule has 0 saturated carbocycles. The van der Waals surface area contributed by atoms with Crippen LogP contribution in [0.2, 0.25) is 5.02 Å². The van der Waals surface area contributed by atoms with Crippen molar-refractivity contribution in [1.29, 1.82) is 0 Å². The van der Waals surface area contributed by atoms with Gasteiger partial charge in [0.25, 0.3) is 16.8 Å². The molecule has 0 aliphatic carbocycles. The molecule has 0 N–H and O–H groups in total. The van der Waals surface area contributed by atoms with E-state index in [1.807, 2.05) is 0 Å². The largest absolute Gasteiger partial charge is 0.457 e. The van der Waals surface area contributed by atoms with Crippen molar-refractivity contribution in [2.24, 2.45) is 0 Å². The van der Waals surface area contributed by atoms with Crippen LogP contribution in [0, 0.1) is 10.1 Å². The van der Waals surface area contributed by atoms with Gasteiger partial charge in [0.15, 0.2) is 0 Å². The number of non-ortho nitro benzene ring substituents is 1. The zero-order chi connectivity index (χ0) is 19.0. The number of nitrogens with zero attached hydrogens (tertiary/aromatic N) is 2. The highest BCUT2D eigenvalue weighted by atomic mass is 35.5. The molecule has 2 amide bonds. The van der Waals surface area contributed by atoms with Gasteiger partial charge in [-0.3, -0.25) is 24.6 Å². The molecular weight excluding hydrogens is 380 g/mol. The third-order valence-corrected chi connectivity index (χ3v) is 4.87. The van der Waals surface area contributed by atoms with E-state index in [1.165, 1.54) is 29.2 Å². The third kappa shape index (κ3) is 3.38. The monoisotopic (exact) mass is 392 g/mol. The van der Waals surface area contributed by atoms with Gasteiger partial charge >= 0.3 is 0 Å². The molecule has 1 fully saturated rings. The van der Waals surface area contributed by atoms with Crippen molar-refractivity contribution in [2.45, 2.75) is 19.9 Å². The first-order valence-corrected chi connectivity index (χ1v) is 8.78. The van der Waals surface area contributed by atoms with Gasteiger partial charge in [0.2, 0.25) is 0 Å². The number of halogens is 1. The van der Waals surface area contributed by atoms with E-state index < -0.39 is 4.92 Å². The predicted octanol–water partition coefficient (Wildman–Crippen LogP) is 4.95. The van der Waals surface area contributed by atoms with Crippen LogP contribution in [-0.2, 0) is 4.79 Å². The van der Waals surface area contributed by atoms with Gasteiger partial charge in [-0.25, -0.2) is 0 Å². The van der Waals surface area contributed by atoms with Crippen molar-refractivity contribution < 1.29 is 18.9 Å². The van der Waals surface area contributed by atoms with Crippen molar-refractivity contribution in [3.05, 3.63) is 56.1 Å². The fourth-order valence-electron chi connectivity index (χ4n) is 2.45. The molecule has 1 aliphatic heterocycles. The molecule has 1 aliphatic rings. The number of hydrogen-bond acceptors (Lipinski definition) is 6. The molecule has 0 spiro atoms. The maximum atomic E-state index is 12.3. The summed E-state index contributed by atoms with van der Waals surface area (Å²) in [4.78, 5) is 35.9. The van der Waals surface area contributed by atoms with Crippen LogP contribution in [0.1, 0.15) is 19.6 Å². The van der Waals surface area contributed by atoms with Crippen molar-refractivity contribution in [1.82, 2.24) is 4.90 Å². The van der Waals surface area contributed by atoms with E-state index in [9.17, 15) is 19.7 Å². The third-order valence-electron chi connectivity index (χ3n) is 3.67. The van der Waals surface area contributed by atoms with Gasteiger partial charge in [0.05, 0.1) is 14.9 Å². The molecule has 0 bridgehead atoms. The molecule has 0 atom stereocenters. The molecule has 1 saturated heterocycles. The van der Waals surface area contributed by atoms with Crippen LogP contribution in [0.4, 0.5) is 10.5 Å². The average Bonchev–Trinajstić information content (AvgIpc) is 3.12. The van der Waals surface area contributed by atoms with Crippen LogP contribution in [0.15, 0.2) is 39.7 Å². The zero-order valence-electron chi connectivity index (χ0n) is 13.8. The molecule has 1 aromatic heterocycles. The summed E-state index contributed by atoms with van der Waals surface area (Å²) in [6.07, 6.45) is 1.50. The summed E-state index contributed by atoms with van der Waals surface area (Å²) >= 11 is 6.95. The number of nitro benzene ring substituents is 1. The SMILES string of the molecule is CC(C)N1C(=O)S/C(=C/c2ccc(-c3ccc([N+](=O)[O-])cc3Cl)o2)C1=O. The highest BCUT2D eigenvalue weighted by Gasteiger charge is 2.36. The second-order valence-corrected chi connectivity index (χ2v) is 7.17. The highest BCUT2D eigenvalue weighted by molar-refractivity contribution is 8.18. The lowest BCUT2D eigenvalue weighted by Gasteiger charge is -2.16. The quantitative estimate of drug-likeness (QED) is 0.415. The summed E-state index contributed by atoms with van der Waals surface area (Å²) < 4.78 is 5.67. The van der Waals surface area contributed by atoms with Gasteiger partial charge in [-0.2, -0.15) is 0 Å². The number of amides is 2. The second kappa shape index (κ2) is 6.97. The van der Waals surface area contributed by atoms with Crippen LogP contribution in [0.5, 0.6) is 0 Å². The number of hydrogen-bond donors (Lipinski definition) is 0. The predicted molar refractivity (Wildman–Crippen MR) is 98.8 cm³/mol. The minimum absolute atomic E-state index is 0.118. The summed E-state index contributed by atoms with van der Waals surface area (Å²) in [5.41, 5.74) is 0.375. The van der Waals surface area contributed by atoms with Crippen LogP contribution in [0.3, 0.4) is 0 Å². The molecule has 9 heteroatoms. The number of carbonyl (C=O) groups excluding carboxylic acids is 2. The zero-order valence-corrected chi connectivity index (χ0v) is 15.3. The molecule has 3 rings (SSSR count). The summed E-state index contributed by atoms with van der Waals surface area (Å²) in [6.45, 7) is 3.53. The lowest BCUT2D eigenvalue weighted by atomic mass is 10.1. The maximum absolute atomic E-state index is 12.3. The first kappa shape index (κ1) is 18.2. The van der Waals surface area contributed by atoms with Gasteiger partial charge < -0.3 is 4.42 Å². The van der Waals surface area contributed by atoms with Crippen molar-refractivity contribution in [2.75, 3.05) is 0 Å². The van der Waals surface area contributed by atoms with Crippen LogP contribution in [-0.4, -0.2) is 27.0 Å². The molecule has 0 unspecified atom stereocenters. The Morgan fingerprint density at radius 3 is 2.58 bits per heavy atom. The molecule has 134 valence electrons. The Bertz CT molecular complexity index is 950. The minimum Gasteiger partial charge on any atom is -0.457 e. The normalized spacial score (nSPS) is 16.2. The van der Waals surface area contributed by atoms with E-state index in [-0.39, 0.29) is 32.8 Å². The Balaban J connectivity index is 1.88. The molecule has 2 heterocycles. The Hall–Kier alpha value is -2.58. The van der Waals surface area contributed by atoms with E-state index in [0.717, 1.165) is 11.8 Å². The second-order valence-electron chi connectivity index (χ2n) is 5.77. The maximum Gasteiger partial charge on any atom is 0.293 e. The Morgan fingerprint density at radius 1 is 1.27 bits per heavy atom. The number of furan rings is 1. The lowest BCUT2D eigenvalue weighted by Crippen LogP contribution is -2.34.